The van der Waals surface area contributed by atoms with Gasteiger partial charge in [0.1, 0.15) is 0 Å². The number of hydrogen-bond acceptors (Lipinski definition) is 5. The van der Waals surface area contributed by atoms with Crippen molar-refractivity contribution < 1.29 is 8.42 Å². The van der Waals surface area contributed by atoms with Gasteiger partial charge in [-0.1, -0.05) is 12.1 Å². The zero-order valence-electron chi connectivity index (χ0n) is 10.3. The molecule has 0 aliphatic carbocycles. The van der Waals surface area contributed by atoms with Crippen molar-refractivity contribution >= 4 is 31.6 Å². The smallest absolute Gasteiger partial charge is 0.270 e. The van der Waals surface area contributed by atoms with E-state index in [0.29, 0.717) is 13.1 Å². The molecule has 2 aromatic rings. The maximum Gasteiger partial charge on any atom is 0.270 e. The van der Waals surface area contributed by atoms with E-state index in [2.05, 4.69) is 4.98 Å². The highest BCUT2D eigenvalue weighted by atomic mass is 32.2. The minimum Gasteiger partial charge on any atom is -0.327 e. The zero-order chi connectivity index (χ0) is 13.5. The monoisotopic (exact) mass is 297 g/mol. The Kier molecular flexibility index (Phi) is 3.30. The van der Waals surface area contributed by atoms with Crippen molar-refractivity contribution in [2.75, 3.05) is 13.1 Å². The van der Waals surface area contributed by atoms with Crippen LogP contribution in [-0.4, -0.2) is 36.8 Å². The lowest BCUT2D eigenvalue weighted by Crippen LogP contribution is -2.45. The third-order valence-electron chi connectivity index (χ3n) is 3.26. The van der Waals surface area contributed by atoms with E-state index in [9.17, 15) is 8.42 Å². The Bertz CT molecular complexity index is 663. The van der Waals surface area contributed by atoms with Crippen molar-refractivity contribution in [2.45, 2.75) is 23.2 Å². The van der Waals surface area contributed by atoms with Crippen LogP contribution in [-0.2, 0) is 10.0 Å². The molecule has 0 spiro atoms. The van der Waals surface area contributed by atoms with E-state index >= 15 is 0 Å². The minimum atomic E-state index is -3.50. The van der Waals surface area contributed by atoms with Gasteiger partial charge in [-0.05, 0) is 25.0 Å². The van der Waals surface area contributed by atoms with E-state index in [1.165, 1.54) is 15.6 Å². The third-order valence-corrected chi connectivity index (χ3v) is 6.51. The normalized spacial score (nSPS) is 21.8. The largest absolute Gasteiger partial charge is 0.327 e. The second kappa shape index (κ2) is 4.82. The van der Waals surface area contributed by atoms with Crippen molar-refractivity contribution in [1.82, 2.24) is 9.29 Å². The third kappa shape index (κ3) is 2.38. The maximum atomic E-state index is 12.5. The molecule has 1 aromatic carbocycles. The first-order valence-corrected chi connectivity index (χ1v) is 8.44. The number of nitrogens with zero attached hydrogens (tertiary/aromatic N) is 2. The molecule has 0 radical (unpaired) electrons. The van der Waals surface area contributed by atoms with Crippen molar-refractivity contribution in [3.63, 3.8) is 0 Å². The Balaban J connectivity index is 1.99. The highest BCUT2D eigenvalue weighted by Gasteiger charge is 2.31. The summed E-state index contributed by atoms with van der Waals surface area (Å²) in [6.07, 6.45) is 1.69. The number of nitrogens with two attached hydrogens (primary N) is 1. The molecule has 0 amide bonds. The SMILES string of the molecule is N[C@@H]1CCCN(S(=O)(=O)c2nc3ccccc3s2)C1. The fourth-order valence-corrected chi connectivity index (χ4v) is 5.16. The van der Waals surface area contributed by atoms with Gasteiger partial charge >= 0.3 is 0 Å². The summed E-state index contributed by atoms with van der Waals surface area (Å²) in [4.78, 5) is 4.23. The van der Waals surface area contributed by atoms with Crippen molar-refractivity contribution in [2.24, 2.45) is 5.73 Å². The summed E-state index contributed by atoms with van der Waals surface area (Å²) in [6.45, 7) is 0.921. The molecule has 0 bridgehead atoms. The lowest BCUT2D eigenvalue weighted by atomic mass is 10.1. The van der Waals surface area contributed by atoms with Gasteiger partial charge < -0.3 is 5.73 Å². The van der Waals surface area contributed by atoms with Crippen LogP contribution in [0.4, 0.5) is 0 Å². The number of sulfonamides is 1. The molecule has 7 heteroatoms. The number of aromatic nitrogens is 1. The number of rotatable bonds is 2. The molecule has 102 valence electrons. The van der Waals surface area contributed by atoms with Crippen LogP contribution in [0.2, 0.25) is 0 Å². The number of para-hydroxylation sites is 1. The Hall–Kier alpha value is -1.02. The van der Waals surface area contributed by atoms with Gasteiger partial charge in [-0.3, -0.25) is 0 Å². The van der Waals surface area contributed by atoms with Gasteiger partial charge in [-0.2, -0.15) is 4.31 Å². The number of piperidine rings is 1. The number of thiazole rings is 1. The van der Waals surface area contributed by atoms with Crippen LogP contribution in [0.3, 0.4) is 0 Å². The fourth-order valence-electron chi connectivity index (χ4n) is 2.26. The topological polar surface area (TPSA) is 76.3 Å². The average Bonchev–Trinajstić information content (AvgIpc) is 2.83. The molecular weight excluding hydrogens is 282 g/mol. The molecule has 0 unspecified atom stereocenters. The number of fused-ring (bicyclic) bond motifs is 1. The standard InChI is InChI=1S/C12H15N3O2S2/c13-9-4-3-7-15(8-9)19(16,17)12-14-10-5-1-2-6-11(10)18-12/h1-2,5-6,9H,3-4,7-8,13H2/t9-/m1/s1. The van der Waals surface area contributed by atoms with Gasteiger partial charge in [0.2, 0.25) is 4.34 Å². The molecule has 3 rings (SSSR count). The van der Waals surface area contributed by atoms with Crippen molar-refractivity contribution in [3.05, 3.63) is 24.3 Å². The summed E-state index contributed by atoms with van der Waals surface area (Å²) >= 11 is 1.22. The van der Waals surface area contributed by atoms with Gasteiger partial charge in [0.15, 0.2) is 0 Å². The van der Waals surface area contributed by atoms with E-state index in [-0.39, 0.29) is 10.4 Å². The first-order chi connectivity index (χ1) is 9.07. The lowest BCUT2D eigenvalue weighted by molar-refractivity contribution is 0.316. The van der Waals surface area contributed by atoms with E-state index in [1.807, 2.05) is 24.3 Å². The number of hydrogen-bond donors (Lipinski definition) is 1. The van der Waals surface area contributed by atoms with Gasteiger partial charge in [0, 0.05) is 19.1 Å². The molecule has 2 N–H and O–H groups in total. The summed E-state index contributed by atoms with van der Waals surface area (Å²) in [6, 6.07) is 7.38. The quantitative estimate of drug-likeness (QED) is 0.909. The van der Waals surface area contributed by atoms with Crippen molar-refractivity contribution in [1.29, 1.82) is 0 Å². The summed E-state index contributed by atoms with van der Waals surface area (Å²) < 4.78 is 27.6. The van der Waals surface area contributed by atoms with Crippen LogP contribution in [0.15, 0.2) is 28.6 Å². The Morgan fingerprint density at radius 2 is 2.16 bits per heavy atom. The van der Waals surface area contributed by atoms with Gasteiger partial charge in [-0.15, -0.1) is 11.3 Å². The lowest BCUT2D eigenvalue weighted by Gasteiger charge is -2.28. The van der Waals surface area contributed by atoms with E-state index < -0.39 is 10.0 Å². The van der Waals surface area contributed by atoms with Crippen LogP contribution in [0.5, 0.6) is 0 Å². The highest BCUT2D eigenvalue weighted by Crippen LogP contribution is 2.28. The molecule has 1 fully saturated rings. The fraction of sp³-hybridized carbons (Fsp3) is 0.417. The Morgan fingerprint density at radius 1 is 1.37 bits per heavy atom. The molecule has 1 aliphatic heterocycles. The molecular formula is C12H15N3O2S2. The summed E-state index contributed by atoms with van der Waals surface area (Å²) in [5.41, 5.74) is 6.58. The summed E-state index contributed by atoms with van der Waals surface area (Å²) in [5, 5.41) is 0. The molecule has 1 aliphatic rings. The minimum absolute atomic E-state index is 0.0714. The predicted octanol–water partition coefficient (Wildman–Crippen LogP) is 1.41. The van der Waals surface area contributed by atoms with E-state index in [4.69, 9.17) is 5.73 Å². The second-order valence-electron chi connectivity index (χ2n) is 4.71. The molecule has 2 heterocycles. The van der Waals surface area contributed by atoms with Crippen LogP contribution in [0, 0.1) is 0 Å². The maximum absolute atomic E-state index is 12.5. The molecule has 5 nitrogen and oxygen atoms in total. The summed E-state index contributed by atoms with van der Waals surface area (Å²) in [5.74, 6) is 0. The first kappa shape index (κ1) is 13.0. The van der Waals surface area contributed by atoms with Gasteiger partial charge in [-0.25, -0.2) is 13.4 Å². The molecule has 1 atom stereocenters. The number of benzene rings is 1. The van der Waals surface area contributed by atoms with E-state index in [1.54, 1.807) is 0 Å². The summed E-state index contributed by atoms with van der Waals surface area (Å²) in [7, 11) is -3.50. The predicted molar refractivity (Wildman–Crippen MR) is 75.6 cm³/mol. The molecule has 1 saturated heterocycles. The van der Waals surface area contributed by atoms with Gasteiger partial charge in [0.25, 0.3) is 10.0 Å². The Labute approximate surface area is 116 Å². The van der Waals surface area contributed by atoms with Crippen LogP contribution in [0.25, 0.3) is 10.2 Å². The van der Waals surface area contributed by atoms with Crippen LogP contribution < -0.4 is 5.73 Å². The second-order valence-corrected chi connectivity index (χ2v) is 7.86. The Morgan fingerprint density at radius 3 is 2.89 bits per heavy atom. The van der Waals surface area contributed by atoms with Crippen LogP contribution in [0.1, 0.15) is 12.8 Å². The van der Waals surface area contributed by atoms with Gasteiger partial charge in [0.05, 0.1) is 10.2 Å². The molecule has 19 heavy (non-hydrogen) atoms. The van der Waals surface area contributed by atoms with Crippen LogP contribution >= 0.6 is 11.3 Å². The molecule has 1 aromatic heterocycles. The highest BCUT2D eigenvalue weighted by molar-refractivity contribution is 7.91. The first-order valence-electron chi connectivity index (χ1n) is 6.19. The zero-order valence-corrected chi connectivity index (χ0v) is 12.0. The van der Waals surface area contributed by atoms with E-state index in [0.717, 1.165) is 23.1 Å². The van der Waals surface area contributed by atoms with Crippen molar-refractivity contribution in [3.8, 4) is 0 Å². The molecule has 0 saturated carbocycles. The average molecular weight is 297 g/mol.